The van der Waals surface area contributed by atoms with E-state index in [-0.39, 0.29) is 5.41 Å². The molecule has 5 heteroatoms. The van der Waals surface area contributed by atoms with Crippen molar-refractivity contribution in [2.75, 3.05) is 50.0 Å². The summed E-state index contributed by atoms with van der Waals surface area (Å²) in [6, 6.07) is 11.5. The van der Waals surface area contributed by atoms with Gasteiger partial charge in [-0.25, -0.2) is 4.68 Å². The summed E-state index contributed by atoms with van der Waals surface area (Å²) < 4.78 is 2.13. The molecule has 1 aromatic carbocycles. The summed E-state index contributed by atoms with van der Waals surface area (Å²) in [5.41, 5.74) is 3.82. The number of piperazine rings is 1. The van der Waals surface area contributed by atoms with Gasteiger partial charge in [0.25, 0.3) is 0 Å². The van der Waals surface area contributed by atoms with Gasteiger partial charge in [0.15, 0.2) is 0 Å². The Morgan fingerprint density at radius 2 is 1.71 bits per heavy atom. The second kappa shape index (κ2) is 8.99. The maximum absolute atomic E-state index is 4.93. The van der Waals surface area contributed by atoms with E-state index >= 15 is 0 Å². The number of nitrogens with zero attached hydrogens (tertiary/aromatic N) is 4. The van der Waals surface area contributed by atoms with Gasteiger partial charge in [0.1, 0.15) is 5.82 Å². The predicted molar refractivity (Wildman–Crippen MR) is 120 cm³/mol. The van der Waals surface area contributed by atoms with Crippen LogP contribution >= 0.6 is 0 Å². The molecule has 154 valence electrons. The third kappa shape index (κ3) is 4.04. The van der Waals surface area contributed by atoms with Gasteiger partial charge >= 0.3 is 0 Å². The summed E-state index contributed by atoms with van der Waals surface area (Å²) in [5.74, 6) is 1.17. The van der Waals surface area contributed by atoms with Gasteiger partial charge in [-0.1, -0.05) is 32.9 Å². The second-order valence-corrected chi connectivity index (χ2v) is 7.94. The molecule has 1 saturated heterocycles. The van der Waals surface area contributed by atoms with E-state index in [2.05, 4.69) is 71.0 Å². The lowest BCUT2D eigenvalue weighted by molar-refractivity contribution is 0.313. The van der Waals surface area contributed by atoms with E-state index in [1.54, 1.807) is 0 Å². The highest BCUT2D eigenvalue weighted by atomic mass is 15.3. The minimum atomic E-state index is -0.0489. The summed E-state index contributed by atoms with van der Waals surface area (Å²) in [6.07, 6.45) is 2.19. The molecule has 0 aliphatic carbocycles. The van der Waals surface area contributed by atoms with E-state index in [1.165, 1.54) is 22.8 Å². The third-order valence-electron chi connectivity index (χ3n) is 6.28. The van der Waals surface area contributed by atoms with Gasteiger partial charge in [0.05, 0.1) is 5.69 Å². The molecular formula is C23H37N5. The summed E-state index contributed by atoms with van der Waals surface area (Å²) in [6.45, 7) is 15.2. The van der Waals surface area contributed by atoms with Gasteiger partial charge in [0, 0.05) is 56.4 Å². The zero-order valence-corrected chi connectivity index (χ0v) is 18.3. The molecule has 1 aromatic heterocycles. The Balaban J connectivity index is 0.00000109. The molecule has 1 fully saturated rings. The van der Waals surface area contributed by atoms with Crippen LogP contribution in [0.2, 0.25) is 0 Å². The number of fused-ring (bicyclic) bond motifs is 1. The Bertz CT molecular complexity index is 719. The van der Waals surface area contributed by atoms with Gasteiger partial charge in [-0.15, -0.1) is 0 Å². The zero-order chi connectivity index (χ0) is 20.1. The van der Waals surface area contributed by atoms with Crippen LogP contribution in [0.4, 0.5) is 11.5 Å². The molecule has 0 amide bonds. The van der Waals surface area contributed by atoms with E-state index in [1.807, 2.05) is 13.8 Å². The molecule has 2 aliphatic heterocycles. The van der Waals surface area contributed by atoms with Crippen molar-refractivity contribution in [1.29, 1.82) is 0 Å². The van der Waals surface area contributed by atoms with Crippen LogP contribution < -0.4 is 10.2 Å². The Morgan fingerprint density at radius 1 is 1.04 bits per heavy atom. The average molecular weight is 384 g/mol. The summed E-state index contributed by atoms with van der Waals surface area (Å²) in [7, 11) is 2.20. The maximum atomic E-state index is 4.93. The van der Waals surface area contributed by atoms with Crippen molar-refractivity contribution in [3.8, 4) is 0 Å². The van der Waals surface area contributed by atoms with Crippen molar-refractivity contribution in [3.05, 3.63) is 41.6 Å². The lowest BCUT2D eigenvalue weighted by Crippen LogP contribution is -2.44. The first kappa shape index (κ1) is 20.7. The monoisotopic (exact) mass is 383 g/mol. The Kier molecular flexibility index (Phi) is 6.65. The fraction of sp³-hybridized carbons (Fsp3) is 0.609. The molecule has 2 aliphatic rings. The van der Waals surface area contributed by atoms with Crippen molar-refractivity contribution in [3.63, 3.8) is 0 Å². The molecule has 2 aromatic rings. The molecule has 0 radical (unpaired) electrons. The largest absolute Gasteiger partial charge is 0.370 e. The fourth-order valence-corrected chi connectivity index (χ4v) is 4.08. The van der Waals surface area contributed by atoms with Crippen molar-refractivity contribution in [2.24, 2.45) is 0 Å². The molecule has 5 nitrogen and oxygen atoms in total. The first-order chi connectivity index (χ1) is 13.6. The topological polar surface area (TPSA) is 36.3 Å². The standard InChI is InChI=1S/C21H31N5.C2H6/c1-4-21(2,19-16-20-22-10-5-11-26(20)23-19)17-6-8-18(9-7-17)25-14-12-24(3)13-15-25;1-2/h6-9,16,22H,4-5,10-15H2,1-3H3;1-2H3. The number of nitrogens with one attached hydrogen (secondary N) is 1. The first-order valence-corrected chi connectivity index (χ1v) is 11.0. The minimum absolute atomic E-state index is 0.0489. The van der Waals surface area contributed by atoms with Crippen LogP contribution in [0.3, 0.4) is 0 Å². The average Bonchev–Trinajstić information content (AvgIpc) is 3.20. The number of anilines is 2. The molecule has 1 N–H and O–H groups in total. The van der Waals surface area contributed by atoms with Crippen LogP contribution in [0.25, 0.3) is 0 Å². The van der Waals surface area contributed by atoms with Crippen molar-refractivity contribution in [2.45, 2.75) is 52.5 Å². The van der Waals surface area contributed by atoms with Crippen molar-refractivity contribution < 1.29 is 0 Å². The molecule has 28 heavy (non-hydrogen) atoms. The molecule has 0 spiro atoms. The molecule has 0 bridgehead atoms. The highest BCUT2D eigenvalue weighted by Gasteiger charge is 2.31. The molecular weight excluding hydrogens is 346 g/mol. The van der Waals surface area contributed by atoms with E-state index < -0.39 is 0 Å². The summed E-state index contributed by atoms with van der Waals surface area (Å²) >= 11 is 0. The Morgan fingerprint density at radius 3 is 2.32 bits per heavy atom. The number of aryl methyl sites for hydroxylation is 1. The van der Waals surface area contributed by atoms with Gasteiger partial charge < -0.3 is 15.1 Å². The van der Waals surface area contributed by atoms with Crippen molar-refractivity contribution in [1.82, 2.24) is 14.7 Å². The summed E-state index contributed by atoms with van der Waals surface area (Å²) in [5, 5.41) is 8.41. The van der Waals surface area contributed by atoms with E-state index in [4.69, 9.17) is 5.10 Å². The van der Waals surface area contributed by atoms with Crippen molar-refractivity contribution >= 4 is 11.5 Å². The number of aromatic nitrogens is 2. The highest BCUT2D eigenvalue weighted by Crippen LogP contribution is 2.37. The Labute approximate surface area is 170 Å². The van der Waals surface area contributed by atoms with E-state index in [0.29, 0.717) is 0 Å². The van der Waals surface area contributed by atoms with Crippen LogP contribution in [0.5, 0.6) is 0 Å². The van der Waals surface area contributed by atoms with E-state index in [9.17, 15) is 0 Å². The molecule has 3 heterocycles. The van der Waals surface area contributed by atoms with Crippen LogP contribution in [0, 0.1) is 0 Å². The van der Waals surface area contributed by atoms with Crippen LogP contribution in [0.15, 0.2) is 30.3 Å². The number of rotatable bonds is 4. The Hall–Kier alpha value is -2.01. The first-order valence-electron chi connectivity index (χ1n) is 11.0. The highest BCUT2D eigenvalue weighted by molar-refractivity contribution is 5.51. The minimum Gasteiger partial charge on any atom is -0.370 e. The lowest BCUT2D eigenvalue weighted by atomic mass is 9.77. The van der Waals surface area contributed by atoms with Crippen LogP contribution in [-0.2, 0) is 12.0 Å². The second-order valence-electron chi connectivity index (χ2n) is 7.94. The number of hydrogen-bond acceptors (Lipinski definition) is 4. The van der Waals surface area contributed by atoms with Gasteiger partial charge in [0.2, 0.25) is 0 Å². The number of benzene rings is 1. The number of hydrogen-bond donors (Lipinski definition) is 1. The molecule has 1 atom stereocenters. The maximum Gasteiger partial charge on any atom is 0.124 e. The third-order valence-corrected chi connectivity index (χ3v) is 6.28. The summed E-state index contributed by atoms with van der Waals surface area (Å²) in [4.78, 5) is 4.89. The van der Waals surface area contributed by atoms with E-state index in [0.717, 1.165) is 52.1 Å². The predicted octanol–water partition coefficient (Wildman–Crippen LogP) is 4.19. The fourth-order valence-electron chi connectivity index (χ4n) is 4.08. The normalized spacial score (nSPS) is 19.1. The molecule has 1 unspecified atom stereocenters. The lowest BCUT2D eigenvalue weighted by Gasteiger charge is -2.34. The van der Waals surface area contributed by atoms with Gasteiger partial charge in [-0.3, -0.25) is 0 Å². The number of likely N-dealkylation sites (N-methyl/N-ethyl adjacent to an activating group) is 1. The smallest absolute Gasteiger partial charge is 0.124 e. The molecule has 4 rings (SSSR count). The van der Waals surface area contributed by atoms with Gasteiger partial charge in [-0.2, -0.15) is 5.10 Å². The van der Waals surface area contributed by atoms with Gasteiger partial charge in [-0.05, 0) is 44.5 Å². The zero-order valence-electron chi connectivity index (χ0n) is 18.3. The quantitative estimate of drug-likeness (QED) is 0.859. The van der Waals surface area contributed by atoms with Crippen LogP contribution in [-0.4, -0.2) is 54.5 Å². The molecule has 0 saturated carbocycles. The van der Waals surface area contributed by atoms with Crippen LogP contribution in [0.1, 0.15) is 51.8 Å². The SMILES string of the molecule is CC.CCC(C)(c1ccc(N2CCN(C)CC2)cc1)c1cc2n(n1)CCCN2.